The number of nitrogens with zero attached hydrogens (tertiary/aromatic N) is 3. The lowest BCUT2D eigenvalue weighted by Gasteiger charge is -2.17. The first-order valence-electron chi connectivity index (χ1n) is 7.66. The molecule has 23 heavy (non-hydrogen) atoms. The van der Waals surface area contributed by atoms with Gasteiger partial charge in [0, 0.05) is 35.1 Å². The van der Waals surface area contributed by atoms with Crippen LogP contribution in [-0.2, 0) is 17.9 Å². The molecule has 0 unspecified atom stereocenters. The zero-order chi connectivity index (χ0) is 17.0. The number of anilines is 1. The number of hydrogen-bond acceptors (Lipinski definition) is 3. The van der Waals surface area contributed by atoms with E-state index < -0.39 is 0 Å². The number of aromatic nitrogens is 2. The number of nitrogens with one attached hydrogen (secondary N) is 1. The number of aryl methyl sites for hydroxylation is 2. The van der Waals surface area contributed by atoms with Gasteiger partial charge in [0.2, 0.25) is 5.91 Å². The van der Waals surface area contributed by atoms with E-state index in [4.69, 9.17) is 11.6 Å². The second-order valence-corrected chi connectivity index (χ2v) is 6.19. The predicted molar refractivity (Wildman–Crippen MR) is 93.8 cm³/mol. The van der Waals surface area contributed by atoms with Crippen LogP contribution in [0, 0.1) is 13.8 Å². The van der Waals surface area contributed by atoms with E-state index in [0.29, 0.717) is 18.1 Å². The second-order valence-electron chi connectivity index (χ2n) is 5.75. The highest BCUT2D eigenvalue weighted by Gasteiger charge is 2.12. The van der Waals surface area contributed by atoms with E-state index in [-0.39, 0.29) is 5.91 Å². The fourth-order valence-electron chi connectivity index (χ4n) is 2.47. The summed E-state index contributed by atoms with van der Waals surface area (Å²) in [4.78, 5) is 14.2. The zero-order valence-corrected chi connectivity index (χ0v) is 14.8. The second kappa shape index (κ2) is 7.62. The summed E-state index contributed by atoms with van der Waals surface area (Å²) in [5.41, 5.74) is 4.03. The Bertz CT molecular complexity index is 696. The van der Waals surface area contributed by atoms with Crippen LogP contribution in [-0.4, -0.2) is 34.2 Å². The molecule has 2 rings (SSSR count). The summed E-state index contributed by atoms with van der Waals surface area (Å²) < 4.78 is 1.96. The van der Waals surface area contributed by atoms with E-state index in [9.17, 15) is 4.79 Å². The van der Waals surface area contributed by atoms with Gasteiger partial charge in [-0.15, -0.1) is 0 Å². The van der Waals surface area contributed by atoms with E-state index in [1.165, 1.54) is 0 Å². The van der Waals surface area contributed by atoms with Crippen LogP contribution < -0.4 is 5.32 Å². The minimum absolute atomic E-state index is 0.0570. The van der Waals surface area contributed by atoms with Crippen molar-refractivity contribution in [1.29, 1.82) is 0 Å². The largest absolute Gasteiger partial charge is 0.325 e. The number of carbonyl (C=O) groups is 1. The topological polar surface area (TPSA) is 50.2 Å². The van der Waals surface area contributed by atoms with Crippen LogP contribution in [0.2, 0.25) is 5.02 Å². The van der Waals surface area contributed by atoms with E-state index in [0.717, 1.165) is 29.1 Å². The normalized spacial score (nSPS) is 11.0. The summed E-state index contributed by atoms with van der Waals surface area (Å²) in [7, 11) is 1.92. The van der Waals surface area contributed by atoms with Gasteiger partial charge < -0.3 is 5.32 Å². The van der Waals surface area contributed by atoms with Crippen LogP contribution in [0.5, 0.6) is 0 Å². The average Bonchev–Trinajstić information content (AvgIpc) is 2.83. The summed E-state index contributed by atoms with van der Waals surface area (Å²) >= 11 is 5.98. The third kappa shape index (κ3) is 4.56. The van der Waals surface area contributed by atoms with Crippen molar-refractivity contribution >= 4 is 23.2 Å². The van der Waals surface area contributed by atoms with Gasteiger partial charge in [0.25, 0.3) is 0 Å². The third-order valence-electron chi connectivity index (χ3n) is 3.83. The lowest BCUT2D eigenvalue weighted by atomic mass is 10.2. The first kappa shape index (κ1) is 17.5. The van der Waals surface area contributed by atoms with Gasteiger partial charge in [-0.1, -0.05) is 17.7 Å². The van der Waals surface area contributed by atoms with Crippen molar-refractivity contribution in [3.8, 4) is 0 Å². The maximum absolute atomic E-state index is 12.2. The van der Waals surface area contributed by atoms with Gasteiger partial charge in [-0.25, -0.2) is 0 Å². The molecule has 0 spiro atoms. The summed E-state index contributed by atoms with van der Waals surface area (Å²) in [6.45, 7) is 7.90. The van der Waals surface area contributed by atoms with Gasteiger partial charge in [0.1, 0.15) is 0 Å². The molecule has 0 atom stereocenters. The molecule has 0 saturated heterocycles. The molecule has 0 aliphatic rings. The molecular weight excluding hydrogens is 312 g/mol. The first-order valence-corrected chi connectivity index (χ1v) is 8.04. The zero-order valence-electron chi connectivity index (χ0n) is 14.1. The maximum Gasteiger partial charge on any atom is 0.238 e. The van der Waals surface area contributed by atoms with E-state index in [1.807, 2.05) is 41.9 Å². The van der Waals surface area contributed by atoms with Gasteiger partial charge in [0.15, 0.2) is 0 Å². The first-order chi connectivity index (χ1) is 10.9. The standard InChI is InChI=1S/C17H23ClN4O/c1-5-22-13(3)14(9-19-22)10-21(4)11-17(23)20-16-8-15(18)7-6-12(16)2/h6-9H,5,10-11H2,1-4H3,(H,20,23). The van der Waals surface area contributed by atoms with Gasteiger partial charge in [-0.05, 0) is 45.5 Å². The SMILES string of the molecule is CCn1ncc(CN(C)CC(=O)Nc2cc(Cl)ccc2C)c1C. The van der Waals surface area contributed by atoms with E-state index in [1.54, 1.807) is 6.07 Å². The van der Waals surface area contributed by atoms with Crippen LogP contribution in [0.1, 0.15) is 23.7 Å². The highest BCUT2D eigenvalue weighted by molar-refractivity contribution is 6.31. The van der Waals surface area contributed by atoms with Gasteiger partial charge in [-0.3, -0.25) is 14.4 Å². The number of carbonyl (C=O) groups excluding carboxylic acids is 1. The third-order valence-corrected chi connectivity index (χ3v) is 4.07. The fraction of sp³-hybridized carbons (Fsp3) is 0.412. The van der Waals surface area contributed by atoms with Crippen LogP contribution in [0.3, 0.4) is 0 Å². The number of rotatable bonds is 6. The minimum Gasteiger partial charge on any atom is -0.325 e. The summed E-state index contributed by atoms with van der Waals surface area (Å²) in [6.07, 6.45) is 1.87. The molecule has 1 amide bonds. The Morgan fingerprint density at radius 3 is 2.78 bits per heavy atom. The quantitative estimate of drug-likeness (QED) is 0.882. The molecular formula is C17H23ClN4O. The lowest BCUT2D eigenvalue weighted by Crippen LogP contribution is -2.30. The van der Waals surface area contributed by atoms with Gasteiger partial charge >= 0.3 is 0 Å². The lowest BCUT2D eigenvalue weighted by molar-refractivity contribution is -0.117. The van der Waals surface area contributed by atoms with Gasteiger partial charge in [0.05, 0.1) is 12.7 Å². The molecule has 1 aromatic heterocycles. The molecule has 1 N–H and O–H groups in total. The molecule has 0 radical (unpaired) electrons. The molecule has 6 heteroatoms. The fourth-order valence-corrected chi connectivity index (χ4v) is 2.64. The van der Waals surface area contributed by atoms with Crippen molar-refractivity contribution in [2.24, 2.45) is 0 Å². The summed E-state index contributed by atoms with van der Waals surface area (Å²) in [5.74, 6) is -0.0570. The van der Waals surface area contributed by atoms with Crippen LogP contribution in [0.25, 0.3) is 0 Å². The molecule has 0 aliphatic carbocycles. The minimum atomic E-state index is -0.0570. The Balaban J connectivity index is 1.94. The van der Waals surface area contributed by atoms with Crippen LogP contribution in [0.15, 0.2) is 24.4 Å². The Labute approximate surface area is 142 Å². The number of likely N-dealkylation sites (N-methyl/N-ethyl adjacent to an activating group) is 1. The number of benzene rings is 1. The highest BCUT2D eigenvalue weighted by atomic mass is 35.5. The predicted octanol–water partition coefficient (Wildman–Crippen LogP) is 3.24. The molecule has 124 valence electrons. The van der Waals surface area contributed by atoms with Crippen molar-refractivity contribution in [3.63, 3.8) is 0 Å². The number of halogens is 1. The van der Waals surface area contributed by atoms with E-state index in [2.05, 4.69) is 24.3 Å². The molecule has 5 nitrogen and oxygen atoms in total. The van der Waals surface area contributed by atoms with Crippen molar-refractivity contribution < 1.29 is 4.79 Å². The smallest absolute Gasteiger partial charge is 0.238 e. The molecule has 0 bridgehead atoms. The number of hydrogen-bond donors (Lipinski definition) is 1. The average molecular weight is 335 g/mol. The molecule has 0 saturated carbocycles. The molecule has 0 fully saturated rings. The van der Waals surface area contributed by atoms with Crippen molar-refractivity contribution in [3.05, 3.63) is 46.2 Å². The highest BCUT2D eigenvalue weighted by Crippen LogP contribution is 2.20. The Hall–Kier alpha value is -1.85. The Morgan fingerprint density at radius 2 is 2.13 bits per heavy atom. The molecule has 2 aromatic rings. The van der Waals surface area contributed by atoms with Crippen LogP contribution >= 0.6 is 11.6 Å². The van der Waals surface area contributed by atoms with Crippen LogP contribution in [0.4, 0.5) is 5.69 Å². The monoisotopic (exact) mass is 334 g/mol. The van der Waals surface area contributed by atoms with Crippen molar-refractivity contribution in [2.75, 3.05) is 18.9 Å². The summed E-state index contributed by atoms with van der Waals surface area (Å²) in [6, 6.07) is 5.47. The van der Waals surface area contributed by atoms with Crippen molar-refractivity contribution in [2.45, 2.75) is 33.9 Å². The van der Waals surface area contributed by atoms with Gasteiger partial charge in [-0.2, -0.15) is 5.10 Å². The number of amides is 1. The molecule has 1 aromatic carbocycles. The van der Waals surface area contributed by atoms with Crippen molar-refractivity contribution in [1.82, 2.24) is 14.7 Å². The molecule has 0 aliphatic heterocycles. The Morgan fingerprint density at radius 1 is 1.39 bits per heavy atom. The van der Waals surface area contributed by atoms with E-state index >= 15 is 0 Å². The Kier molecular flexibility index (Phi) is 5.80. The molecule has 1 heterocycles. The maximum atomic E-state index is 12.2. The summed E-state index contributed by atoms with van der Waals surface area (Å²) in [5, 5.41) is 7.86.